The topological polar surface area (TPSA) is 93.1 Å². The lowest BCUT2D eigenvalue weighted by Crippen LogP contribution is -2.42. The van der Waals surface area contributed by atoms with Crippen LogP contribution in [0.5, 0.6) is 0 Å². The highest BCUT2D eigenvalue weighted by Crippen LogP contribution is 2.13. The van der Waals surface area contributed by atoms with Crippen LogP contribution in [0.4, 0.5) is 0 Å². The van der Waals surface area contributed by atoms with E-state index in [-0.39, 0.29) is 11.3 Å². The minimum Gasteiger partial charge on any atom is -0.268 e. The van der Waals surface area contributed by atoms with Crippen LogP contribution in [0.1, 0.15) is 41.9 Å². The zero-order valence-corrected chi connectivity index (χ0v) is 17.0. The van der Waals surface area contributed by atoms with Gasteiger partial charge in [-0.1, -0.05) is 56.3 Å². The maximum atomic E-state index is 12.6. The second kappa shape index (κ2) is 9.65. The van der Waals surface area contributed by atoms with E-state index < -0.39 is 11.8 Å². The second-order valence-electron chi connectivity index (χ2n) is 6.79. The molecule has 0 aliphatic carbocycles. The number of nitrogens with zero attached hydrogens (tertiary/aromatic N) is 2. The van der Waals surface area contributed by atoms with E-state index in [1.165, 1.54) is 16.3 Å². The molecule has 0 radical (unpaired) electrons. The number of hydrazine groups is 1. The van der Waals surface area contributed by atoms with Gasteiger partial charge in [-0.25, -0.2) is 4.68 Å². The van der Waals surface area contributed by atoms with E-state index in [2.05, 4.69) is 22.9 Å². The van der Waals surface area contributed by atoms with E-state index in [0.29, 0.717) is 23.7 Å². The van der Waals surface area contributed by atoms with Gasteiger partial charge in [-0.15, -0.1) is 0 Å². The monoisotopic (exact) mass is 404 g/mol. The van der Waals surface area contributed by atoms with Crippen molar-refractivity contribution in [2.24, 2.45) is 0 Å². The van der Waals surface area contributed by atoms with Crippen LogP contribution < -0.4 is 16.4 Å². The molecule has 7 nitrogen and oxygen atoms in total. The third-order valence-electron chi connectivity index (χ3n) is 4.63. The highest BCUT2D eigenvalue weighted by atomic mass is 16.2. The Bertz CT molecular complexity index is 1150. The summed E-state index contributed by atoms with van der Waals surface area (Å²) in [6.07, 6.45) is 4.65. The van der Waals surface area contributed by atoms with Crippen LogP contribution in [0.15, 0.2) is 59.4 Å². The van der Waals surface area contributed by atoms with Crippen LogP contribution in [0.25, 0.3) is 16.8 Å². The molecule has 1 aromatic heterocycles. The molecule has 0 saturated carbocycles. The Labute approximate surface area is 174 Å². The molecule has 0 aliphatic rings. The van der Waals surface area contributed by atoms with Gasteiger partial charge in [0.15, 0.2) is 5.69 Å². The van der Waals surface area contributed by atoms with Gasteiger partial charge >= 0.3 is 0 Å². The first-order chi connectivity index (χ1) is 14.5. The van der Waals surface area contributed by atoms with Crippen molar-refractivity contribution >= 4 is 28.7 Å². The second-order valence-corrected chi connectivity index (χ2v) is 6.79. The Kier molecular flexibility index (Phi) is 6.75. The number of nitrogens with one attached hydrogen (secondary N) is 2. The maximum absolute atomic E-state index is 12.6. The molecule has 7 heteroatoms. The van der Waals surface area contributed by atoms with Crippen LogP contribution in [0.2, 0.25) is 0 Å². The number of carbonyl (C=O) groups excluding carboxylic acids is 2. The Morgan fingerprint density at radius 3 is 2.37 bits per heavy atom. The Hall–Kier alpha value is -3.74. The van der Waals surface area contributed by atoms with Gasteiger partial charge < -0.3 is 0 Å². The summed E-state index contributed by atoms with van der Waals surface area (Å²) in [5, 5.41) is 5.05. The van der Waals surface area contributed by atoms with Crippen molar-refractivity contribution < 1.29 is 9.59 Å². The van der Waals surface area contributed by atoms with Crippen molar-refractivity contribution in [2.45, 2.75) is 33.2 Å². The van der Waals surface area contributed by atoms with Gasteiger partial charge in [0.2, 0.25) is 0 Å². The first kappa shape index (κ1) is 21.0. The van der Waals surface area contributed by atoms with Gasteiger partial charge in [-0.05, 0) is 36.1 Å². The van der Waals surface area contributed by atoms with Gasteiger partial charge in [0.1, 0.15) is 0 Å². The van der Waals surface area contributed by atoms with Gasteiger partial charge in [0, 0.05) is 18.0 Å². The maximum Gasteiger partial charge on any atom is 0.290 e. The fraction of sp³-hybridized carbons (Fsp3) is 0.217. The molecule has 0 aliphatic heterocycles. The van der Waals surface area contributed by atoms with Crippen molar-refractivity contribution in [3.63, 3.8) is 0 Å². The molecule has 2 N–H and O–H groups in total. The van der Waals surface area contributed by atoms with Crippen molar-refractivity contribution in [1.82, 2.24) is 20.6 Å². The van der Waals surface area contributed by atoms with E-state index in [4.69, 9.17) is 0 Å². The summed E-state index contributed by atoms with van der Waals surface area (Å²) >= 11 is 0. The number of aromatic nitrogens is 2. The lowest BCUT2D eigenvalue weighted by Gasteiger charge is -2.10. The highest BCUT2D eigenvalue weighted by molar-refractivity contribution is 6.05. The van der Waals surface area contributed by atoms with Crippen LogP contribution in [0.3, 0.4) is 0 Å². The minimum absolute atomic E-state index is 0.0816. The summed E-state index contributed by atoms with van der Waals surface area (Å²) in [7, 11) is 0. The molecule has 3 aromatic rings. The first-order valence-electron chi connectivity index (χ1n) is 9.90. The van der Waals surface area contributed by atoms with Gasteiger partial charge in [0.25, 0.3) is 17.4 Å². The third-order valence-corrected chi connectivity index (χ3v) is 4.63. The summed E-state index contributed by atoms with van der Waals surface area (Å²) in [5.41, 5.74) is 6.65. The lowest BCUT2D eigenvalue weighted by molar-refractivity contribution is -0.117. The summed E-state index contributed by atoms with van der Waals surface area (Å²) in [4.78, 5) is 37.2. The van der Waals surface area contributed by atoms with Gasteiger partial charge in [-0.3, -0.25) is 25.2 Å². The Morgan fingerprint density at radius 2 is 1.70 bits per heavy atom. The van der Waals surface area contributed by atoms with E-state index in [1.807, 2.05) is 31.2 Å². The van der Waals surface area contributed by atoms with E-state index in [0.717, 1.165) is 12.0 Å². The predicted molar refractivity (Wildman–Crippen MR) is 117 cm³/mol. The number of hydrogen-bond donors (Lipinski definition) is 2. The van der Waals surface area contributed by atoms with Crippen LogP contribution in [-0.2, 0) is 17.8 Å². The summed E-state index contributed by atoms with van der Waals surface area (Å²) < 4.78 is 1.28. The van der Waals surface area contributed by atoms with Crippen molar-refractivity contribution in [3.05, 3.63) is 81.8 Å². The molecule has 0 spiro atoms. The molecule has 0 saturated heterocycles. The van der Waals surface area contributed by atoms with Gasteiger partial charge in [0.05, 0.1) is 5.39 Å². The molecule has 0 bridgehead atoms. The van der Waals surface area contributed by atoms with Crippen molar-refractivity contribution in [2.75, 3.05) is 0 Å². The lowest BCUT2D eigenvalue weighted by atomic mass is 10.1. The molecule has 3 rings (SSSR count). The van der Waals surface area contributed by atoms with E-state index in [9.17, 15) is 14.4 Å². The minimum atomic E-state index is -0.592. The number of aryl methyl sites for hydroxylation is 2. The Morgan fingerprint density at radius 1 is 1.00 bits per heavy atom. The Balaban J connectivity index is 1.73. The summed E-state index contributed by atoms with van der Waals surface area (Å²) in [6.45, 7) is 4.40. The molecule has 0 unspecified atom stereocenters. The van der Waals surface area contributed by atoms with E-state index >= 15 is 0 Å². The molecule has 1 heterocycles. The normalized spacial score (nSPS) is 11.0. The van der Waals surface area contributed by atoms with Crippen molar-refractivity contribution in [1.29, 1.82) is 0 Å². The molecule has 2 amide bonds. The fourth-order valence-electron chi connectivity index (χ4n) is 3.02. The highest BCUT2D eigenvalue weighted by Gasteiger charge is 2.16. The van der Waals surface area contributed by atoms with Crippen LogP contribution >= 0.6 is 0 Å². The van der Waals surface area contributed by atoms with Crippen molar-refractivity contribution in [3.8, 4) is 0 Å². The molecule has 0 fully saturated rings. The third kappa shape index (κ3) is 4.81. The standard InChI is InChI=1S/C23H24N4O3/c1-3-15-27-23(30)19-8-6-5-7-18(19)21(26-27)22(29)25-24-20(28)14-13-17-11-9-16(4-2)10-12-17/h5-14H,3-4,15H2,1-2H3,(H,24,28)(H,25,29)/b14-13+. The quantitative estimate of drug-likeness (QED) is 0.488. The zero-order valence-electron chi connectivity index (χ0n) is 17.0. The van der Waals surface area contributed by atoms with Crippen LogP contribution in [0, 0.1) is 0 Å². The smallest absolute Gasteiger partial charge is 0.268 e. The number of benzene rings is 2. The fourth-order valence-corrected chi connectivity index (χ4v) is 3.02. The summed E-state index contributed by atoms with van der Waals surface area (Å²) in [6, 6.07) is 14.6. The number of hydrogen-bond acceptors (Lipinski definition) is 4. The van der Waals surface area contributed by atoms with Gasteiger partial charge in [-0.2, -0.15) is 5.10 Å². The first-order valence-corrected chi connectivity index (χ1v) is 9.90. The largest absolute Gasteiger partial charge is 0.290 e. The molecule has 30 heavy (non-hydrogen) atoms. The SMILES string of the molecule is CCCn1nc(C(=O)NNC(=O)/C=C/c2ccc(CC)cc2)c2ccccc2c1=O. The number of fused-ring (bicyclic) bond motifs is 1. The van der Waals surface area contributed by atoms with Crippen LogP contribution in [-0.4, -0.2) is 21.6 Å². The molecule has 154 valence electrons. The number of carbonyl (C=O) groups is 2. The average molecular weight is 404 g/mol. The molecular weight excluding hydrogens is 380 g/mol. The molecule has 0 atom stereocenters. The van der Waals surface area contributed by atoms with E-state index in [1.54, 1.807) is 30.3 Å². The summed E-state index contributed by atoms with van der Waals surface area (Å²) in [5.74, 6) is -1.07. The predicted octanol–water partition coefficient (Wildman–Crippen LogP) is 2.84. The molecular formula is C23H24N4O3. The number of rotatable bonds is 6. The molecule has 2 aromatic carbocycles. The number of amides is 2. The average Bonchev–Trinajstić information content (AvgIpc) is 2.78. The zero-order chi connectivity index (χ0) is 21.5.